The molecular weight excluding hydrogens is 392 g/mol. The summed E-state index contributed by atoms with van der Waals surface area (Å²) in [5.74, 6) is 0.541. The van der Waals surface area contributed by atoms with Gasteiger partial charge in [-0.1, -0.05) is 35.0 Å². The van der Waals surface area contributed by atoms with Crippen LogP contribution in [-0.4, -0.2) is 34.6 Å². The van der Waals surface area contributed by atoms with Crippen molar-refractivity contribution < 1.29 is 14.4 Å². The fourth-order valence-corrected chi connectivity index (χ4v) is 3.69. The number of hydrogen-bond acceptors (Lipinski definition) is 5. The number of rotatable bonds is 6. The standard InChI is InChI=1S/C24H26N4O3/c1-15-6-5-7-18(12-15)14-28-17(3)23(16(2)26-28)25-24(29)22-13-21(27-31-22)19-8-10-20(30-4)11-9-19/h5-12,22H,13-14H2,1-4H3,(H,25,29). The Balaban J connectivity index is 1.42. The van der Waals surface area contributed by atoms with Gasteiger partial charge in [0.25, 0.3) is 5.91 Å². The number of aryl methyl sites for hydroxylation is 2. The van der Waals surface area contributed by atoms with E-state index in [2.05, 4.69) is 40.7 Å². The summed E-state index contributed by atoms with van der Waals surface area (Å²) in [7, 11) is 1.62. The van der Waals surface area contributed by atoms with Crippen molar-refractivity contribution in [3.8, 4) is 5.75 Å². The Morgan fingerprint density at radius 2 is 1.97 bits per heavy atom. The van der Waals surface area contributed by atoms with Gasteiger partial charge in [0.05, 0.1) is 36.4 Å². The number of aromatic nitrogens is 2. The maximum absolute atomic E-state index is 12.8. The molecule has 160 valence electrons. The predicted molar refractivity (Wildman–Crippen MR) is 120 cm³/mol. The van der Waals surface area contributed by atoms with Gasteiger partial charge in [-0.25, -0.2) is 0 Å². The molecule has 4 rings (SSSR count). The first-order chi connectivity index (χ1) is 14.9. The molecular formula is C24H26N4O3. The SMILES string of the molecule is COc1ccc(C2=NOC(C(=O)Nc3c(C)nn(Cc4cccc(C)c4)c3C)C2)cc1. The van der Waals surface area contributed by atoms with Crippen LogP contribution in [0, 0.1) is 20.8 Å². The van der Waals surface area contributed by atoms with Crippen LogP contribution in [-0.2, 0) is 16.2 Å². The van der Waals surface area contributed by atoms with E-state index >= 15 is 0 Å². The fourth-order valence-electron chi connectivity index (χ4n) is 3.69. The average Bonchev–Trinajstić information content (AvgIpc) is 3.35. The number of anilines is 1. The van der Waals surface area contributed by atoms with Gasteiger partial charge in [0.15, 0.2) is 0 Å². The van der Waals surface area contributed by atoms with Crippen LogP contribution in [0.1, 0.15) is 34.5 Å². The van der Waals surface area contributed by atoms with Gasteiger partial charge in [0.2, 0.25) is 6.10 Å². The number of oxime groups is 1. The van der Waals surface area contributed by atoms with Crippen LogP contribution in [0.5, 0.6) is 5.75 Å². The third-order valence-corrected chi connectivity index (χ3v) is 5.43. The van der Waals surface area contributed by atoms with Crippen molar-refractivity contribution in [1.29, 1.82) is 0 Å². The molecule has 1 aromatic heterocycles. The Kier molecular flexibility index (Phi) is 5.75. The van der Waals surface area contributed by atoms with Gasteiger partial charge in [-0.3, -0.25) is 9.48 Å². The number of nitrogens with one attached hydrogen (secondary N) is 1. The third-order valence-electron chi connectivity index (χ3n) is 5.43. The zero-order valence-electron chi connectivity index (χ0n) is 18.2. The monoisotopic (exact) mass is 418 g/mol. The Labute approximate surface area is 181 Å². The lowest BCUT2D eigenvalue weighted by molar-refractivity contribution is -0.125. The van der Waals surface area contributed by atoms with Gasteiger partial charge in [-0.05, 0) is 56.2 Å². The first kappa shape index (κ1) is 20.7. The highest BCUT2D eigenvalue weighted by molar-refractivity contribution is 6.06. The average molecular weight is 418 g/mol. The summed E-state index contributed by atoms with van der Waals surface area (Å²) < 4.78 is 7.09. The molecule has 0 aliphatic carbocycles. The van der Waals surface area contributed by atoms with E-state index in [0.717, 1.165) is 34.1 Å². The highest BCUT2D eigenvalue weighted by Crippen LogP contribution is 2.24. The van der Waals surface area contributed by atoms with E-state index in [9.17, 15) is 4.79 Å². The van der Waals surface area contributed by atoms with Crippen molar-refractivity contribution in [3.63, 3.8) is 0 Å². The molecule has 3 aromatic rings. The minimum atomic E-state index is -0.670. The van der Waals surface area contributed by atoms with E-state index in [1.807, 2.05) is 48.9 Å². The molecule has 0 saturated heterocycles. The highest BCUT2D eigenvalue weighted by Gasteiger charge is 2.30. The van der Waals surface area contributed by atoms with Crippen molar-refractivity contribution in [1.82, 2.24) is 9.78 Å². The van der Waals surface area contributed by atoms with Crippen LogP contribution >= 0.6 is 0 Å². The van der Waals surface area contributed by atoms with Crippen molar-refractivity contribution in [2.45, 2.75) is 39.8 Å². The van der Waals surface area contributed by atoms with E-state index in [-0.39, 0.29) is 5.91 Å². The van der Waals surface area contributed by atoms with Gasteiger partial charge < -0.3 is 14.9 Å². The molecule has 7 heteroatoms. The minimum Gasteiger partial charge on any atom is -0.497 e. The van der Waals surface area contributed by atoms with Gasteiger partial charge in [0, 0.05) is 6.42 Å². The van der Waals surface area contributed by atoms with Crippen LogP contribution < -0.4 is 10.1 Å². The topological polar surface area (TPSA) is 77.7 Å². The second-order valence-corrected chi connectivity index (χ2v) is 7.75. The summed E-state index contributed by atoms with van der Waals surface area (Å²) in [6.45, 7) is 6.57. The summed E-state index contributed by atoms with van der Waals surface area (Å²) >= 11 is 0. The number of carbonyl (C=O) groups is 1. The normalized spacial score (nSPS) is 15.4. The zero-order chi connectivity index (χ0) is 22.0. The largest absolute Gasteiger partial charge is 0.497 e. The lowest BCUT2D eigenvalue weighted by atomic mass is 10.0. The van der Waals surface area contributed by atoms with Crippen molar-refractivity contribution in [2.24, 2.45) is 5.16 Å². The van der Waals surface area contributed by atoms with Crippen LogP contribution in [0.3, 0.4) is 0 Å². The van der Waals surface area contributed by atoms with Crippen LogP contribution in [0.4, 0.5) is 5.69 Å². The maximum Gasteiger partial charge on any atom is 0.268 e. The molecule has 0 spiro atoms. The summed E-state index contributed by atoms with van der Waals surface area (Å²) in [6, 6.07) is 15.9. The van der Waals surface area contributed by atoms with Crippen LogP contribution in [0.25, 0.3) is 0 Å². The lowest BCUT2D eigenvalue weighted by Crippen LogP contribution is -2.28. The summed E-state index contributed by atoms with van der Waals surface area (Å²) in [5.41, 5.74) is 6.42. The van der Waals surface area contributed by atoms with E-state index in [4.69, 9.17) is 9.57 Å². The first-order valence-corrected chi connectivity index (χ1v) is 10.2. The molecule has 1 unspecified atom stereocenters. The quantitative estimate of drug-likeness (QED) is 0.656. The molecule has 1 amide bonds. The van der Waals surface area contributed by atoms with E-state index in [0.29, 0.717) is 13.0 Å². The maximum atomic E-state index is 12.8. The van der Waals surface area contributed by atoms with Gasteiger partial charge in [-0.15, -0.1) is 0 Å². The van der Waals surface area contributed by atoms with E-state index in [1.165, 1.54) is 11.1 Å². The minimum absolute atomic E-state index is 0.228. The smallest absolute Gasteiger partial charge is 0.268 e. The molecule has 31 heavy (non-hydrogen) atoms. The predicted octanol–water partition coefficient (Wildman–Crippen LogP) is 4.00. The molecule has 7 nitrogen and oxygen atoms in total. The molecule has 0 radical (unpaired) electrons. The van der Waals surface area contributed by atoms with Crippen molar-refractivity contribution >= 4 is 17.3 Å². The molecule has 1 aliphatic heterocycles. The second kappa shape index (κ2) is 8.63. The second-order valence-electron chi connectivity index (χ2n) is 7.75. The fraction of sp³-hybridized carbons (Fsp3) is 0.292. The summed E-state index contributed by atoms with van der Waals surface area (Å²) in [5, 5.41) is 11.7. The number of benzene rings is 2. The Morgan fingerprint density at radius 1 is 1.19 bits per heavy atom. The molecule has 1 atom stereocenters. The number of amides is 1. The van der Waals surface area contributed by atoms with Crippen LogP contribution in [0.15, 0.2) is 53.7 Å². The molecule has 0 fully saturated rings. The highest BCUT2D eigenvalue weighted by atomic mass is 16.6. The van der Waals surface area contributed by atoms with Crippen molar-refractivity contribution in [2.75, 3.05) is 12.4 Å². The van der Waals surface area contributed by atoms with Crippen molar-refractivity contribution in [3.05, 3.63) is 76.6 Å². The molecule has 1 N–H and O–H groups in total. The number of methoxy groups -OCH3 is 1. The summed E-state index contributed by atoms with van der Waals surface area (Å²) in [4.78, 5) is 18.3. The Morgan fingerprint density at radius 3 is 2.68 bits per heavy atom. The summed E-state index contributed by atoms with van der Waals surface area (Å²) in [6.07, 6.45) is -0.260. The number of ether oxygens (including phenoxy) is 1. The number of carbonyl (C=O) groups excluding carboxylic acids is 1. The number of nitrogens with zero attached hydrogens (tertiary/aromatic N) is 3. The Hall–Kier alpha value is -3.61. The lowest BCUT2D eigenvalue weighted by Gasteiger charge is -2.10. The zero-order valence-corrected chi connectivity index (χ0v) is 18.2. The van der Waals surface area contributed by atoms with Gasteiger partial charge in [-0.2, -0.15) is 5.10 Å². The Bertz CT molecular complexity index is 1130. The number of hydrogen-bond donors (Lipinski definition) is 1. The van der Waals surface area contributed by atoms with E-state index in [1.54, 1.807) is 7.11 Å². The molecule has 2 aromatic carbocycles. The van der Waals surface area contributed by atoms with Crippen LogP contribution in [0.2, 0.25) is 0 Å². The molecule has 0 bridgehead atoms. The van der Waals surface area contributed by atoms with Gasteiger partial charge in [0.1, 0.15) is 5.75 Å². The van der Waals surface area contributed by atoms with Gasteiger partial charge >= 0.3 is 0 Å². The van der Waals surface area contributed by atoms with E-state index < -0.39 is 6.10 Å². The molecule has 2 heterocycles. The first-order valence-electron chi connectivity index (χ1n) is 10.2. The third kappa shape index (κ3) is 4.45. The molecule has 1 aliphatic rings. The molecule has 0 saturated carbocycles.